The van der Waals surface area contributed by atoms with Crippen LogP contribution >= 0.6 is 0 Å². The molecule has 0 saturated carbocycles. The zero-order chi connectivity index (χ0) is 16.4. The van der Waals surface area contributed by atoms with Gasteiger partial charge in [-0.05, 0) is 41.8 Å². The third-order valence-corrected chi connectivity index (χ3v) is 4.07. The van der Waals surface area contributed by atoms with E-state index in [1.54, 1.807) is 37.4 Å². The molecule has 1 aromatic carbocycles. The predicted octanol–water partition coefficient (Wildman–Crippen LogP) is 1.88. The second kappa shape index (κ2) is 6.16. The van der Waals surface area contributed by atoms with Gasteiger partial charge in [-0.3, -0.25) is 4.79 Å². The summed E-state index contributed by atoms with van der Waals surface area (Å²) in [6, 6.07) is 7.33. The summed E-state index contributed by atoms with van der Waals surface area (Å²) in [5.74, 6) is 1.54. The van der Waals surface area contributed by atoms with E-state index in [2.05, 4.69) is 4.98 Å². The minimum absolute atomic E-state index is 0.101. The Morgan fingerprint density at radius 1 is 1.22 bits per heavy atom. The highest BCUT2D eigenvalue weighted by Gasteiger charge is 2.24. The fraction of sp³-hybridized carbons (Fsp3) is 0.294. The molecule has 1 amide bonds. The van der Waals surface area contributed by atoms with Crippen molar-refractivity contribution in [2.45, 2.75) is 13.0 Å². The molecule has 6 nitrogen and oxygen atoms in total. The SMILES string of the molecule is COc1cc2c(cc1OC)CN(C(=O)c1cccnc1N)CC2. The second-order valence-electron chi connectivity index (χ2n) is 5.39. The number of fused-ring (bicyclic) bond motifs is 1. The number of anilines is 1. The number of nitrogen functional groups attached to an aromatic ring is 1. The van der Waals surface area contributed by atoms with Crippen molar-refractivity contribution in [3.05, 3.63) is 47.2 Å². The van der Waals surface area contributed by atoms with Crippen LogP contribution in [0.2, 0.25) is 0 Å². The molecule has 0 saturated heterocycles. The summed E-state index contributed by atoms with van der Waals surface area (Å²) in [6.45, 7) is 1.15. The highest BCUT2D eigenvalue weighted by Crippen LogP contribution is 2.33. The van der Waals surface area contributed by atoms with Crippen LogP contribution in [0.1, 0.15) is 21.5 Å². The predicted molar refractivity (Wildman–Crippen MR) is 86.6 cm³/mol. The maximum atomic E-state index is 12.7. The summed E-state index contributed by atoms with van der Waals surface area (Å²) < 4.78 is 10.7. The normalized spacial score (nSPS) is 13.4. The fourth-order valence-corrected chi connectivity index (χ4v) is 2.83. The number of benzene rings is 1. The van der Waals surface area contributed by atoms with Crippen molar-refractivity contribution in [3.8, 4) is 11.5 Å². The molecule has 2 heterocycles. The number of nitrogens with zero attached hydrogens (tertiary/aromatic N) is 2. The van der Waals surface area contributed by atoms with Gasteiger partial charge in [0.1, 0.15) is 5.82 Å². The number of amides is 1. The number of hydrogen-bond donors (Lipinski definition) is 1. The van der Waals surface area contributed by atoms with E-state index < -0.39 is 0 Å². The van der Waals surface area contributed by atoms with Gasteiger partial charge in [-0.2, -0.15) is 0 Å². The molecule has 120 valence electrons. The van der Waals surface area contributed by atoms with Crippen LogP contribution in [-0.2, 0) is 13.0 Å². The first-order valence-corrected chi connectivity index (χ1v) is 7.37. The monoisotopic (exact) mass is 313 g/mol. The van der Waals surface area contributed by atoms with Crippen molar-refractivity contribution >= 4 is 11.7 Å². The van der Waals surface area contributed by atoms with Gasteiger partial charge in [0.25, 0.3) is 5.91 Å². The van der Waals surface area contributed by atoms with Gasteiger partial charge in [0.2, 0.25) is 0 Å². The number of methoxy groups -OCH3 is 2. The van der Waals surface area contributed by atoms with Crippen LogP contribution in [0.15, 0.2) is 30.5 Å². The zero-order valence-electron chi connectivity index (χ0n) is 13.2. The minimum atomic E-state index is -0.101. The van der Waals surface area contributed by atoms with Crippen LogP contribution in [-0.4, -0.2) is 36.6 Å². The Bertz CT molecular complexity index is 746. The summed E-state index contributed by atoms with van der Waals surface area (Å²) in [4.78, 5) is 18.4. The summed E-state index contributed by atoms with van der Waals surface area (Å²) >= 11 is 0. The van der Waals surface area contributed by atoms with E-state index in [1.165, 1.54) is 5.56 Å². The van der Waals surface area contributed by atoms with Crippen molar-refractivity contribution in [3.63, 3.8) is 0 Å². The van der Waals surface area contributed by atoms with Crippen LogP contribution in [0.5, 0.6) is 11.5 Å². The Kier molecular flexibility index (Phi) is 4.06. The van der Waals surface area contributed by atoms with Crippen molar-refractivity contribution in [1.82, 2.24) is 9.88 Å². The first-order valence-electron chi connectivity index (χ1n) is 7.37. The Labute approximate surface area is 134 Å². The molecule has 0 unspecified atom stereocenters. The molecule has 3 rings (SSSR count). The van der Waals surface area contributed by atoms with E-state index in [0.29, 0.717) is 30.2 Å². The largest absolute Gasteiger partial charge is 0.493 e. The molecule has 1 aliphatic heterocycles. The van der Waals surface area contributed by atoms with Crippen LogP contribution in [0, 0.1) is 0 Å². The Morgan fingerprint density at radius 3 is 2.57 bits per heavy atom. The number of ether oxygens (including phenoxy) is 2. The number of hydrogen-bond acceptors (Lipinski definition) is 5. The standard InChI is InChI=1S/C17H19N3O3/c1-22-14-8-11-5-7-20(10-12(11)9-15(14)23-2)17(21)13-4-3-6-19-16(13)18/h3-4,6,8-9H,5,7,10H2,1-2H3,(H2,18,19). The lowest BCUT2D eigenvalue weighted by Crippen LogP contribution is -2.36. The highest BCUT2D eigenvalue weighted by molar-refractivity contribution is 5.98. The van der Waals surface area contributed by atoms with Gasteiger partial charge >= 0.3 is 0 Å². The average Bonchev–Trinajstić information content (AvgIpc) is 2.59. The maximum Gasteiger partial charge on any atom is 0.257 e. The van der Waals surface area contributed by atoms with Crippen molar-refractivity contribution < 1.29 is 14.3 Å². The van der Waals surface area contributed by atoms with E-state index in [4.69, 9.17) is 15.2 Å². The minimum Gasteiger partial charge on any atom is -0.493 e. The molecule has 2 N–H and O–H groups in total. The number of carbonyl (C=O) groups excluding carboxylic acids is 1. The molecule has 23 heavy (non-hydrogen) atoms. The highest BCUT2D eigenvalue weighted by atomic mass is 16.5. The zero-order valence-corrected chi connectivity index (χ0v) is 13.2. The van der Waals surface area contributed by atoms with E-state index in [-0.39, 0.29) is 11.7 Å². The van der Waals surface area contributed by atoms with Crippen LogP contribution in [0.4, 0.5) is 5.82 Å². The Morgan fingerprint density at radius 2 is 1.91 bits per heavy atom. The van der Waals surface area contributed by atoms with Gasteiger partial charge < -0.3 is 20.1 Å². The van der Waals surface area contributed by atoms with Gasteiger partial charge in [-0.25, -0.2) is 4.98 Å². The van der Waals surface area contributed by atoms with E-state index in [0.717, 1.165) is 12.0 Å². The summed E-state index contributed by atoms with van der Waals surface area (Å²) in [7, 11) is 3.22. The molecule has 0 spiro atoms. The molecule has 0 radical (unpaired) electrons. The fourth-order valence-electron chi connectivity index (χ4n) is 2.83. The van der Waals surface area contributed by atoms with Crippen LogP contribution in [0.25, 0.3) is 0 Å². The van der Waals surface area contributed by atoms with Crippen LogP contribution in [0.3, 0.4) is 0 Å². The number of aromatic nitrogens is 1. The van der Waals surface area contributed by atoms with E-state index in [9.17, 15) is 4.79 Å². The molecule has 0 atom stereocenters. The molecule has 0 fully saturated rings. The van der Waals surface area contributed by atoms with Crippen molar-refractivity contribution in [2.75, 3.05) is 26.5 Å². The van der Waals surface area contributed by atoms with Gasteiger partial charge in [0, 0.05) is 19.3 Å². The first-order chi connectivity index (χ1) is 11.1. The molecule has 6 heteroatoms. The number of rotatable bonds is 3. The van der Waals surface area contributed by atoms with E-state index in [1.807, 2.05) is 12.1 Å². The average molecular weight is 313 g/mol. The number of carbonyl (C=O) groups is 1. The van der Waals surface area contributed by atoms with Crippen molar-refractivity contribution in [1.29, 1.82) is 0 Å². The third kappa shape index (κ3) is 2.79. The number of pyridine rings is 1. The molecular weight excluding hydrogens is 294 g/mol. The lowest BCUT2D eigenvalue weighted by Gasteiger charge is -2.29. The molecule has 1 aromatic heterocycles. The van der Waals surface area contributed by atoms with Crippen molar-refractivity contribution in [2.24, 2.45) is 0 Å². The summed E-state index contributed by atoms with van der Waals surface area (Å²) in [5, 5.41) is 0. The quantitative estimate of drug-likeness (QED) is 0.936. The topological polar surface area (TPSA) is 77.7 Å². The van der Waals surface area contributed by atoms with Crippen LogP contribution < -0.4 is 15.2 Å². The van der Waals surface area contributed by atoms with Gasteiger partial charge in [-0.15, -0.1) is 0 Å². The maximum absolute atomic E-state index is 12.7. The van der Waals surface area contributed by atoms with E-state index >= 15 is 0 Å². The summed E-state index contributed by atoms with van der Waals surface area (Å²) in [6.07, 6.45) is 2.34. The number of nitrogens with two attached hydrogens (primary N) is 1. The lowest BCUT2D eigenvalue weighted by atomic mass is 9.98. The molecular formula is C17H19N3O3. The summed E-state index contributed by atoms with van der Waals surface area (Å²) in [5.41, 5.74) is 8.48. The third-order valence-electron chi connectivity index (χ3n) is 4.07. The van der Waals surface area contributed by atoms with Gasteiger partial charge in [0.15, 0.2) is 11.5 Å². The van der Waals surface area contributed by atoms with Gasteiger partial charge in [0.05, 0.1) is 19.8 Å². The Hall–Kier alpha value is -2.76. The second-order valence-corrected chi connectivity index (χ2v) is 5.39. The molecule has 1 aliphatic rings. The molecule has 0 aliphatic carbocycles. The Balaban J connectivity index is 1.88. The van der Waals surface area contributed by atoms with Gasteiger partial charge in [-0.1, -0.05) is 0 Å². The first kappa shape index (κ1) is 15.1. The lowest BCUT2D eigenvalue weighted by molar-refractivity contribution is 0.0735. The smallest absolute Gasteiger partial charge is 0.257 e. The molecule has 2 aromatic rings. The molecule has 0 bridgehead atoms.